The van der Waals surface area contributed by atoms with E-state index in [9.17, 15) is 18.0 Å². The van der Waals surface area contributed by atoms with Gasteiger partial charge in [0.1, 0.15) is 10.6 Å². The summed E-state index contributed by atoms with van der Waals surface area (Å²) in [6.07, 6.45) is 0. The first-order valence-electron chi connectivity index (χ1n) is 9.01. The fraction of sp³-hybridized carbons (Fsp3) is 0.0476. The van der Waals surface area contributed by atoms with Gasteiger partial charge in [-0.05, 0) is 54.6 Å². The Morgan fingerprint density at radius 3 is 1.97 bits per heavy atom. The summed E-state index contributed by atoms with van der Waals surface area (Å²) in [4.78, 5) is 24.3. The third-order valence-electron chi connectivity index (χ3n) is 4.16. The number of primary sulfonamides is 1. The van der Waals surface area contributed by atoms with E-state index < -0.39 is 22.0 Å². The fourth-order valence-corrected chi connectivity index (χ4v) is 3.42. The van der Waals surface area contributed by atoms with E-state index in [2.05, 4.69) is 16.0 Å². The zero-order chi connectivity index (χ0) is 22.4. The van der Waals surface area contributed by atoms with Crippen LogP contribution in [0.3, 0.4) is 0 Å². The van der Waals surface area contributed by atoms with E-state index in [1.54, 1.807) is 36.4 Å². The zero-order valence-electron chi connectivity index (χ0n) is 16.5. The Morgan fingerprint density at radius 2 is 1.39 bits per heavy atom. The van der Waals surface area contributed by atoms with Gasteiger partial charge in [0, 0.05) is 22.6 Å². The summed E-state index contributed by atoms with van der Waals surface area (Å²) in [7, 11) is -2.71. The topological polar surface area (TPSA) is 140 Å². The number of urea groups is 1. The van der Waals surface area contributed by atoms with Crippen LogP contribution in [0.25, 0.3) is 0 Å². The molecule has 31 heavy (non-hydrogen) atoms. The van der Waals surface area contributed by atoms with Gasteiger partial charge in [-0.25, -0.2) is 18.4 Å². The van der Waals surface area contributed by atoms with Crippen LogP contribution in [0, 0.1) is 0 Å². The predicted molar refractivity (Wildman–Crippen MR) is 118 cm³/mol. The lowest BCUT2D eigenvalue weighted by molar-refractivity contribution is 0.102. The van der Waals surface area contributed by atoms with Crippen LogP contribution in [-0.4, -0.2) is 27.5 Å². The molecule has 3 amide bonds. The first-order chi connectivity index (χ1) is 14.8. The molecule has 3 rings (SSSR count). The van der Waals surface area contributed by atoms with Gasteiger partial charge in [-0.2, -0.15) is 0 Å². The Kier molecular flexibility index (Phi) is 6.53. The molecule has 0 radical (unpaired) electrons. The second kappa shape index (κ2) is 9.28. The Balaban J connectivity index is 1.66. The van der Waals surface area contributed by atoms with Crippen LogP contribution in [0.5, 0.6) is 5.75 Å². The summed E-state index contributed by atoms with van der Waals surface area (Å²) in [5.41, 5.74) is 1.68. The molecule has 0 unspecified atom stereocenters. The molecular weight excluding hydrogens is 420 g/mol. The molecule has 5 N–H and O–H groups in total. The lowest BCUT2D eigenvalue weighted by Gasteiger charge is -2.11. The van der Waals surface area contributed by atoms with Gasteiger partial charge in [-0.15, -0.1) is 0 Å². The number of amides is 3. The highest BCUT2D eigenvalue weighted by Crippen LogP contribution is 2.26. The number of carbonyl (C=O) groups is 2. The SMILES string of the molecule is COc1ccc(NC(=O)c2ccc(NC(=O)Nc3ccccc3)cc2)cc1S(N)(=O)=O. The van der Waals surface area contributed by atoms with Gasteiger partial charge < -0.3 is 20.7 Å². The number of nitrogens with two attached hydrogens (primary N) is 1. The number of hydrogen-bond donors (Lipinski definition) is 4. The fourth-order valence-electron chi connectivity index (χ4n) is 2.70. The Labute approximate surface area is 179 Å². The number of rotatable bonds is 6. The van der Waals surface area contributed by atoms with E-state index in [0.29, 0.717) is 16.9 Å². The molecular formula is C21H20N4O5S. The number of carbonyl (C=O) groups excluding carboxylic acids is 2. The molecule has 0 heterocycles. The molecule has 160 valence electrons. The van der Waals surface area contributed by atoms with Gasteiger partial charge in [0.25, 0.3) is 5.91 Å². The number of ether oxygens (including phenoxy) is 1. The van der Waals surface area contributed by atoms with Gasteiger partial charge in [0.15, 0.2) is 0 Å². The monoisotopic (exact) mass is 440 g/mol. The number of benzene rings is 3. The van der Waals surface area contributed by atoms with E-state index in [0.717, 1.165) is 0 Å². The second-order valence-corrected chi connectivity index (χ2v) is 7.92. The van der Waals surface area contributed by atoms with Crippen molar-refractivity contribution in [3.8, 4) is 5.75 Å². The van der Waals surface area contributed by atoms with Crippen LogP contribution < -0.4 is 25.8 Å². The number of nitrogens with one attached hydrogen (secondary N) is 3. The number of sulfonamides is 1. The minimum absolute atomic E-state index is 0.0738. The van der Waals surface area contributed by atoms with Crippen molar-refractivity contribution < 1.29 is 22.7 Å². The summed E-state index contributed by atoms with van der Waals surface area (Å²) < 4.78 is 28.4. The molecule has 3 aromatic rings. The summed E-state index contributed by atoms with van der Waals surface area (Å²) >= 11 is 0. The van der Waals surface area contributed by atoms with Crippen molar-refractivity contribution in [3.63, 3.8) is 0 Å². The molecule has 3 aromatic carbocycles. The molecule has 0 aliphatic carbocycles. The van der Waals surface area contributed by atoms with Gasteiger partial charge >= 0.3 is 6.03 Å². The summed E-state index contributed by atoms with van der Waals surface area (Å²) in [5.74, 6) is -0.393. The van der Waals surface area contributed by atoms with Crippen LogP contribution >= 0.6 is 0 Å². The first kappa shape index (κ1) is 21.8. The van der Waals surface area contributed by atoms with E-state index >= 15 is 0 Å². The number of methoxy groups -OCH3 is 1. The lowest BCUT2D eigenvalue weighted by Crippen LogP contribution is -2.19. The number of hydrogen-bond acceptors (Lipinski definition) is 5. The van der Waals surface area contributed by atoms with Crippen LogP contribution in [0.1, 0.15) is 10.4 Å². The summed E-state index contributed by atoms with van der Waals surface area (Å²) in [6, 6.07) is 18.9. The highest BCUT2D eigenvalue weighted by Gasteiger charge is 2.17. The van der Waals surface area contributed by atoms with Crippen molar-refractivity contribution in [3.05, 3.63) is 78.4 Å². The van der Waals surface area contributed by atoms with Crippen molar-refractivity contribution >= 4 is 39.0 Å². The van der Waals surface area contributed by atoms with Crippen LogP contribution in [0.15, 0.2) is 77.7 Å². The summed E-state index contributed by atoms with van der Waals surface area (Å²) in [6.45, 7) is 0. The minimum Gasteiger partial charge on any atom is -0.495 e. The van der Waals surface area contributed by atoms with Crippen molar-refractivity contribution in [2.45, 2.75) is 4.90 Å². The maximum atomic E-state index is 12.5. The second-order valence-electron chi connectivity index (χ2n) is 6.39. The standard InChI is InChI=1S/C21H20N4O5S/c1-30-18-12-11-17(13-19(18)31(22,28)29)23-20(26)14-7-9-16(10-8-14)25-21(27)24-15-5-3-2-4-6-15/h2-13H,1H3,(H,23,26)(H2,22,28,29)(H2,24,25,27). The molecule has 0 aromatic heterocycles. The van der Waals surface area contributed by atoms with Crippen LogP contribution in [-0.2, 0) is 10.0 Å². The largest absolute Gasteiger partial charge is 0.495 e. The molecule has 0 spiro atoms. The molecule has 0 bridgehead atoms. The molecule has 0 saturated carbocycles. The zero-order valence-corrected chi connectivity index (χ0v) is 17.3. The Morgan fingerprint density at radius 1 is 0.806 bits per heavy atom. The minimum atomic E-state index is -4.03. The molecule has 0 aliphatic heterocycles. The smallest absolute Gasteiger partial charge is 0.323 e. The van der Waals surface area contributed by atoms with Crippen molar-refractivity contribution in [2.24, 2.45) is 5.14 Å². The highest BCUT2D eigenvalue weighted by atomic mass is 32.2. The quantitative estimate of drug-likeness (QED) is 0.466. The van der Waals surface area contributed by atoms with Crippen molar-refractivity contribution in [2.75, 3.05) is 23.1 Å². The van der Waals surface area contributed by atoms with Gasteiger partial charge in [0.2, 0.25) is 10.0 Å². The average Bonchev–Trinajstić information content (AvgIpc) is 2.74. The highest BCUT2D eigenvalue weighted by molar-refractivity contribution is 7.89. The number of para-hydroxylation sites is 1. The third kappa shape index (κ3) is 5.81. The number of anilines is 3. The summed E-state index contributed by atoms with van der Waals surface area (Å²) in [5, 5.41) is 13.1. The molecule has 9 nitrogen and oxygen atoms in total. The van der Waals surface area contributed by atoms with Gasteiger partial charge in [-0.3, -0.25) is 4.79 Å². The molecule has 0 aliphatic rings. The van der Waals surface area contributed by atoms with Gasteiger partial charge in [0.05, 0.1) is 7.11 Å². The van der Waals surface area contributed by atoms with E-state index in [1.165, 1.54) is 37.4 Å². The Bertz CT molecular complexity index is 1200. The maximum Gasteiger partial charge on any atom is 0.323 e. The maximum absolute atomic E-state index is 12.5. The molecule has 0 saturated heterocycles. The normalized spacial score (nSPS) is 10.8. The van der Waals surface area contributed by atoms with Crippen molar-refractivity contribution in [1.29, 1.82) is 0 Å². The predicted octanol–water partition coefficient (Wildman–Crippen LogP) is 3.24. The van der Waals surface area contributed by atoms with Crippen LogP contribution in [0.2, 0.25) is 0 Å². The molecule has 0 atom stereocenters. The van der Waals surface area contributed by atoms with E-state index in [4.69, 9.17) is 9.88 Å². The van der Waals surface area contributed by atoms with Gasteiger partial charge in [-0.1, -0.05) is 18.2 Å². The Hall–Kier alpha value is -3.89. The van der Waals surface area contributed by atoms with Crippen LogP contribution in [0.4, 0.5) is 21.9 Å². The molecule has 0 fully saturated rings. The molecule has 10 heteroatoms. The lowest BCUT2D eigenvalue weighted by atomic mass is 10.2. The average molecular weight is 440 g/mol. The van der Waals surface area contributed by atoms with Crippen molar-refractivity contribution in [1.82, 2.24) is 0 Å². The van der Waals surface area contributed by atoms with E-state index in [-0.39, 0.29) is 16.3 Å². The van der Waals surface area contributed by atoms with E-state index in [1.807, 2.05) is 6.07 Å². The third-order valence-corrected chi connectivity index (χ3v) is 5.10. The first-order valence-corrected chi connectivity index (χ1v) is 10.6.